The molecule has 6 aromatic heterocycles. The first-order valence-corrected chi connectivity index (χ1v) is 23.0. The SMILES string of the molecule is O=c1ccn(-c2cccc(Sc3nc4ccccc4[nH]3)c2)nc1-c1ccn(-c2ccccc2)n1.O=c1ccn(-c2cccc(Sc3nc4ccccc4[nH]3)c2)nc1-c1ccnn1-c1ccccc1. The number of fused-ring (bicyclic) bond motifs is 2. The number of aromatic amines is 2. The highest BCUT2D eigenvalue weighted by Crippen LogP contribution is 2.30. The van der Waals surface area contributed by atoms with Crippen molar-refractivity contribution < 1.29 is 0 Å². The fourth-order valence-electron chi connectivity index (χ4n) is 7.45. The summed E-state index contributed by atoms with van der Waals surface area (Å²) in [6, 6.07) is 57.9. The summed E-state index contributed by atoms with van der Waals surface area (Å²) >= 11 is 3.09. The number of rotatable bonds is 10. The minimum absolute atomic E-state index is 0.165. The second kappa shape index (κ2) is 18.6. The maximum atomic E-state index is 12.7. The van der Waals surface area contributed by atoms with Crippen molar-refractivity contribution in [1.82, 2.24) is 59.1 Å². The lowest BCUT2D eigenvalue weighted by Gasteiger charge is -2.10. The van der Waals surface area contributed by atoms with Crippen LogP contribution in [-0.4, -0.2) is 59.1 Å². The van der Waals surface area contributed by atoms with Gasteiger partial charge in [-0.1, -0.05) is 96.3 Å². The van der Waals surface area contributed by atoms with Crippen LogP contribution in [0.2, 0.25) is 0 Å². The molecule has 2 N–H and O–H groups in total. The Balaban J connectivity index is 0.000000149. The van der Waals surface area contributed by atoms with Gasteiger partial charge >= 0.3 is 0 Å². The summed E-state index contributed by atoms with van der Waals surface area (Å²) in [5.41, 5.74) is 8.78. The van der Waals surface area contributed by atoms with Crippen LogP contribution in [0.3, 0.4) is 0 Å². The van der Waals surface area contributed by atoms with E-state index in [-0.39, 0.29) is 10.9 Å². The molecule has 0 bridgehead atoms. The first-order chi connectivity index (χ1) is 33.5. The van der Waals surface area contributed by atoms with Crippen molar-refractivity contribution in [3.8, 4) is 45.5 Å². The molecule has 0 aliphatic heterocycles. The summed E-state index contributed by atoms with van der Waals surface area (Å²) in [6.07, 6.45) is 6.85. The molecule has 16 heteroatoms. The molecule has 12 rings (SSSR count). The van der Waals surface area contributed by atoms with Gasteiger partial charge in [0.1, 0.15) is 5.69 Å². The van der Waals surface area contributed by atoms with Crippen LogP contribution in [0.1, 0.15) is 0 Å². The molecule has 0 saturated heterocycles. The maximum absolute atomic E-state index is 12.7. The second-order valence-corrected chi connectivity index (χ2v) is 17.3. The van der Waals surface area contributed by atoms with E-state index in [0.717, 1.165) is 64.9 Å². The molecule has 6 aromatic carbocycles. The van der Waals surface area contributed by atoms with Crippen LogP contribution in [0.4, 0.5) is 0 Å². The number of para-hydroxylation sites is 6. The van der Waals surface area contributed by atoms with Crippen LogP contribution in [0.5, 0.6) is 0 Å². The molecule has 12 aromatic rings. The summed E-state index contributed by atoms with van der Waals surface area (Å²) in [6.45, 7) is 0. The number of benzene rings is 6. The summed E-state index contributed by atoms with van der Waals surface area (Å²) in [4.78, 5) is 43.3. The third kappa shape index (κ3) is 8.91. The van der Waals surface area contributed by atoms with Gasteiger partial charge in [-0.15, -0.1) is 0 Å². The van der Waals surface area contributed by atoms with E-state index in [4.69, 9.17) is 0 Å². The Hall–Kier alpha value is -8.86. The van der Waals surface area contributed by atoms with Gasteiger partial charge in [-0.2, -0.15) is 20.4 Å². The second-order valence-electron chi connectivity index (χ2n) is 15.2. The zero-order valence-electron chi connectivity index (χ0n) is 35.7. The number of H-pyrrole nitrogens is 2. The molecule has 0 aliphatic rings. The van der Waals surface area contributed by atoms with Gasteiger partial charge in [-0.05, 0) is 97.1 Å². The molecule has 0 amide bonds. The predicted octanol–water partition coefficient (Wildman–Crippen LogP) is 10.2. The smallest absolute Gasteiger partial charge is 0.209 e. The van der Waals surface area contributed by atoms with Crippen LogP contribution in [0.15, 0.2) is 236 Å². The Kier molecular flexibility index (Phi) is 11.4. The van der Waals surface area contributed by atoms with Crippen LogP contribution < -0.4 is 10.9 Å². The molecule has 0 saturated carbocycles. The van der Waals surface area contributed by atoms with Crippen LogP contribution in [-0.2, 0) is 0 Å². The largest absolute Gasteiger partial charge is 0.333 e. The quantitative estimate of drug-likeness (QED) is 0.135. The summed E-state index contributed by atoms with van der Waals surface area (Å²) < 4.78 is 6.86. The molecular weight excluding hydrogens is 889 g/mol. The molecule has 0 atom stereocenters. The lowest BCUT2D eigenvalue weighted by molar-refractivity contribution is 0.821. The molecule has 6 heterocycles. The first-order valence-electron chi connectivity index (χ1n) is 21.3. The Bertz CT molecular complexity index is 3770. The van der Waals surface area contributed by atoms with Gasteiger partial charge in [-0.25, -0.2) is 28.7 Å². The average molecular weight is 925 g/mol. The molecule has 0 radical (unpaired) electrons. The van der Waals surface area contributed by atoms with E-state index in [9.17, 15) is 9.59 Å². The van der Waals surface area contributed by atoms with Crippen molar-refractivity contribution in [2.45, 2.75) is 20.1 Å². The van der Waals surface area contributed by atoms with Gasteiger partial charge in [0.2, 0.25) is 10.9 Å². The normalized spacial score (nSPS) is 11.2. The number of nitrogens with zero attached hydrogens (tertiary/aromatic N) is 10. The molecule has 0 fully saturated rings. The first kappa shape index (κ1) is 41.8. The Morgan fingerprint density at radius 1 is 0.426 bits per heavy atom. The van der Waals surface area contributed by atoms with E-state index in [1.165, 1.54) is 12.1 Å². The van der Waals surface area contributed by atoms with Crippen LogP contribution in [0, 0.1) is 0 Å². The lowest BCUT2D eigenvalue weighted by atomic mass is 10.2. The van der Waals surface area contributed by atoms with Crippen LogP contribution in [0.25, 0.3) is 67.6 Å². The van der Waals surface area contributed by atoms with Gasteiger partial charge in [-0.3, -0.25) is 9.59 Å². The number of imidazole rings is 2. The minimum Gasteiger partial charge on any atom is -0.333 e. The van der Waals surface area contributed by atoms with Crippen molar-refractivity contribution in [1.29, 1.82) is 0 Å². The lowest BCUT2D eigenvalue weighted by Crippen LogP contribution is -2.14. The molecule has 328 valence electrons. The maximum Gasteiger partial charge on any atom is 0.209 e. The van der Waals surface area contributed by atoms with Crippen molar-refractivity contribution in [3.63, 3.8) is 0 Å². The van der Waals surface area contributed by atoms with Gasteiger partial charge in [0.25, 0.3) is 0 Å². The van der Waals surface area contributed by atoms with E-state index in [1.807, 2.05) is 164 Å². The van der Waals surface area contributed by atoms with Crippen LogP contribution >= 0.6 is 23.5 Å². The average Bonchev–Trinajstić information content (AvgIpc) is 4.22. The molecular formula is C52H36N12O2S2. The van der Waals surface area contributed by atoms with Crippen molar-refractivity contribution in [2.24, 2.45) is 0 Å². The number of hydrogen-bond acceptors (Lipinski definition) is 10. The monoisotopic (exact) mass is 924 g/mol. The summed E-state index contributed by atoms with van der Waals surface area (Å²) in [7, 11) is 0. The van der Waals surface area contributed by atoms with E-state index in [0.29, 0.717) is 22.8 Å². The molecule has 0 unspecified atom stereocenters. The zero-order valence-corrected chi connectivity index (χ0v) is 37.4. The van der Waals surface area contributed by atoms with Gasteiger partial charge in [0, 0.05) is 40.5 Å². The predicted molar refractivity (Wildman–Crippen MR) is 265 cm³/mol. The van der Waals surface area contributed by atoms with Crippen molar-refractivity contribution in [3.05, 3.63) is 227 Å². The summed E-state index contributed by atoms with van der Waals surface area (Å²) in [5, 5.41) is 19.9. The number of nitrogens with one attached hydrogen (secondary N) is 2. The highest BCUT2D eigenvalue weighted by atomic mass is 32.2. The van der Waals surface area contributed by atoms with E-state index < -0.39 is 0 Å². The van der Waals surface area contributed by atoms with Gasteiger partial charge in [0.05, 0.1) is 56.7 Å². The topological polar surface area (TPSA) is 163 Å². The Morgan fingerprint density at radius 2 is 0.912 bits per heavy atom. The van der Waals surface area contributed by atoms with Gasteiger partial charge in [0.15, 0.2) is 21.7 Å². The summed E-state index contributed by atoms with van der Waals surface area (Å²) in [5.74, 6) is 0. The van der Waals surface area contributed by atoms with Crippen molar-refractivity contribution >= 4 is 45.6 Å². The number of aromatic nitrogens is 12. The molecule has 0 spiro atoms. The highest BCUT2D eigenvalue weighted by Gasteiger charge is 2.15. The van der Waals surface area contributed by atoms with E-state index in [1.54, 1.807) is 73.0 Å². The zero-order chi connectivity index (χ0) is 45.8. The Labute approximate surface area is 395 Å². The molecule has 14 nitrogen and oxygen atoms in total. The van der Waals surface area contributed by atoms with E-state index >= 15 is 0 Å². The third-order valence-electron chi connectivity index (χ3n) is 10.7. The number of hydrogen-bond donors (Lipinski definition) is 2. The van der Waals surface area contributed by atoms with Crippen molar-refractivity contribution in [2.75, 3.05) is 0 Å². The molecule has 0 aliphatic carbocycles. The standard InChI is InChI=1S/2C26H18N6OS/c33-24-14-16-32(30-25(24)23-13-15-31(29-23)18-7-2-1-3-8-18)19-9-6-10-20(17-19)34-26-27-21-11-4-5-12-22(21)28-26;33-24-14-16-31(30-25(24)23-13-15-27-32(23)18-7-2-1-3-8-18)19-9-6-10-20(17-19)34-26-28-21-11-4-5-12-22(21)29-26/h1-17H,(H,27,28);1-17H,(H,28,29). The van der Waals surface area contributed by atoms with E-state index in [2.05, 4.69) is 40.3 Å². The Morgan fingerprint density at radius 3 is 1.50 bits per heavy atom. The third-order valence-corrected chi connectivity index (χ3v) is 12.4. The minimum atomic E-state index is -0.178. The fourth-order valence-corrected chi connectivity index (χ4v) is 9.16. The molecule has 68 heavy (non-hydrogen) atoms. The fraction of sp³-hybridized carbons (Fsp3) is 0. The highest BCUT2D eigenvalue weighted by molar-refractivity contribution is 7.99. The van der Waals surface area contributed by atoms with Gasteiger partial charge < -0.3 is 9.97 Å².